The van der Waals surface area contributed by atoms with E-state index in [4.69, 9.17) is 0 Å². The van der Waals surface area contributed by atoms with Crippen LogP contribution in [0.2, 0.25) is 0 Å². The minimum atomic E-state index is 1.14. The molecule has 60 heavy (non-hydrogen) atoms. The van der Waals surface area contributed by atoms with Crippen molar-refractivity contribution in [2.24, 2.45) is 0 Å². The molecule has 0 saturated carbocycles. The molecule has 0 fully saturated rings. The number of benzene rings is 9. The molecule has 0 bridgehead atoms. The number of aromatic amines is 1. The Morgan fingerprint density at radius 1 is 0.400 bits per heavy atom. The highest BCUT2D eigenvalue weighted by Gasteiger charge is 2.17. The van der Waals surface area contributed by atoms with Crippen LogP contribution in [0.1, 0.15) is 6.92 Å². The molecular weight excluding hydrogens is 727 g/mol. The zero-order valence-electron chi connectivity index (χ0n) is 33.3. The summed E-state index contributed by atoms with van der Waals surface area (Å²) in [4.78, 5) is 3.70. The normalized spacial score (nSPS) is 11.8. The first-order chi connectivity index (χ1) is 29.7. The average Bonchev–Trinajstić information content (AvgIpc) is 3.97. The first-order valence-corrected chi connectivity index (χ1v) is 20.6. The van der Waals surface area contributed by atoms with E-state index >= 15 is 0 Å². The molecule has 0 aliphatic rings. The van der Waals surface area contributed by atoms with Crippen LogP contribution >= 0.6 is 0 Å². The summed E-state index contributed by atoms with van der Waals surface area (Å²) in [5.74, 6) is 0. The highest BCUT2D eigenvalue weighted by atomic mass is 15.0. The van der Waals surface area contributed by atoms with E-state index in [2.05, 4.69) is 215 Å². The van der Waals surface area contributed by atoms with E-state index in [1.54, 1.807) is 6.08 Å². The summed E-state index contributed by atoms with van der Waals surface area (Å²) >= 11 is 0. The van der Waals surface area contributed by atoms with Gasteiger partial charge in [-0.2, -0.15) is 0 Å². The predicted molar refractivity (Wildman–Crippen MR) is 258 cm³/mol. The molecule has 0 amide bonds. The largest absolute Gasteiger partial charge is 0.355 e. The van der Waals surface area contributed by atoms with Gasteiger partial charge in [-0.25, -0.2) is 0 Å². The van der Waals surface area contributed by atoms with Crippen molar-refractivity contribution >= 4 is 76.2 Å². The molecule has 0 spiro atoms. The van der Waals surface area contributed by atoms with E-state index in [-0.39, 0.29) is 0 Å². The van der Waals surface area contributed by atoms with Crippen LogP contribution in [-0.4, -0.2) is 14.1 Å². The molecular formula is C57H41N3. The second kappa shape index (κ2) is 14.5. The summed E-state index contributed by atoms with van der Waals surface area (Å²) in [5.41, 5.74) is 14.4. The lowest BCUT2D eigenvalue weighted by Crippen LogP contribution is -1.93. The quantitative estimate of drug-likeness (QED) is 0.169. The van der Waals surface area contributed by atoms with E-state index in [1.807, 2.05) is 19.1 Å². The molecule has 0 saturated heterocycles. The van der Waals surface area contributed by atoms with Gasteiger partial charge in [-0.05, 0) is 113 Å². The molecule has 9 aromatic carbocycles. The fourth-order valence-electron chi connectivity index (χ4n) is 9.21. The van der Waals surface area contributed by atoms with E-state index in [1.165, 1.54) is 98.8 Å². The van der Waals surface area contributed by atoms with Crippen molar-refractivity contribution < 1.29 is 0 Å². The van der Waals surface area contributed by atoms with Gasteiger partial charge >= 0.3 is 0 Å². The lowest BCUT2D eigenvalue weighted by atomic mass is 9.98. The Labute approximate surface area is 348 Å². The standard InChI is InChI=1S/C52H33N3.C5H8/c1-3-12-38(13-4-1)54-49-18-10-9-17-41(49)45-31-36(22-27-50(45)54)34-20-25-47-43(29-34)44-30-35(21-26-48(44)53-47)37-23-28-51-46(32-37)42-24-19-33-11-7-8-16-40(33)52(42)55(51)39-14-5-2-6-15-39;1-3-5-4-2/h1-32,53H;3-5H,1H2,2H3/b;5-4-. The van der Waals surface area contributed by atoms with Crippen LogP contribution in [0.4, 0.5) is 0 Å². The predicted octanol–water partition coefficient (Wildman–Crippen LogP) is 15.8. The summed E-state index contributed by atoms with van der Waals surface area (Å²) < 4.78 is 4.80. The molecule has 284 valence electrons. The van der Waals surface area contributed by atoms with Gasteiger partial charge in [0.05, 0.1) is 22.1 Å². The summed E-state index contributed by atoms with van der Waals surface area (Å²) in [6, 6.07) is 71.0. The Morgan fingerprint density at radius 2 is 0.883 bits per heavy atom. The lowest BCUT2D eigenvalue weighted by molar-refractivity contribution is 1.18. The number of allylic oxidation sites excluding steroid dienone is 3. The summed E-state index contributed by atoms with van der Waals surface area (Å²) in [7, 11) is 0. The van der Waals surface area contributed by atoms with E-state index < -0.39 is 0 Å². The van der Waals surface area contributed by atoms with Gasteiger partial charge in [0.15, 0.2) is 0 Å². The number of rotatable bonds is 5. The monoisotopic (exact) mass is 767 g/mol. The zero-order valence-corrected chi connectivity index (χ0v) is 33.3. The van der Waals surface area contributed by atoms with Crippen LogP contribution < -0.4 is 0 Å². The van der Waals surface area contributed by atoms with Crippen LogP contribution in [0.5, 0.6) is 0 Å². The molecule has 0 atom stereocenters. The van der Waals surface area contributed by atoms with E-state index in [9.17, 15) is 0 Å². The molecule has 3 heteroatoms. The Kier molecular flexibility index (Phi) is 8.53. The van der Waals surface area contributed by atoms with Crippen molar-refractivity contribution in [1.82, 2.24) is 14.1 Å². The Morgan fingerprint density at radius 3 is 1.48 bits per heavy atom. The Balaban J connectivity index is 0.000000774. The summed E-state index contributed by atoms with van der Waals surface area (Å²) in [6.07, 6.45) is 5.58. The number of fused-ring (bicyclic) bond motifs is 11. The van der Waals surface area contributed by atoms with Gasteiger partial charge in [0, 0.05) is 60.1 Å². The fraction of sp³-hybridized carbons (Fsp3) is 0.0175. The molecule has 0 aliphatic carbocycles. The molecule has 3 nitrogen and oxygen atoms in total. The third-order valence-electron chi connectivity index (χ3n) is 11.9. The number of H-pyrrole nitrogens is 1. The van der Waals surface area contributed by atoms with E-state index in [0.717, 1.165) is 11.0 Å². The van der Waals surface area contributed by atoms with Gasteiger partial charge in [0.1, 0.15) is 0 Å². The smallest absolute Gasteiger partial charge is 0.0619 e. The molecule has 12 aromatic rings. The van der Waals surface area contributed by atoms with Gasteiger partial charge in [-0.15, -0.1) is 0 Å². The summed E-state index contributed by atoms with van der Waals surface area (Å²) in [6.45, 7) is 5.42. The highest BCUT2D eigenvalue weighted by Crippen LogP contribution is 2.40. The second-order valence-corrected chi connectivity index (χ2v) is 15.4. The van der Waals surface area contributed by atoms with Crippen molar-refractivity contribution in [3.63, 3.8) is 0 Å². The lowest BCUT2D eigenvalue weighted by Gasteiger charge is -2.10. The van der Waals surface area contributed by atoms with Crippen LogP contribution in [-0.2, 0) is 0 Å². The van der Waals surface area contributed by atoms with Crippen molar-refractivity contribution in [2.75, 3.05) is 0 Å². The van der Waals surface area contributed by atoms with Crippen LogP contribution in [0.25, 0.3) is 110 Å². The number of aromatic nitrogens is 3. The first kappa shape index (κ1) is 35.3. The van der Waals surface area contributed by atoms with Gasteiger partial charge in [0.25, 0.3) is 0 Å². The Bertz CT molecular complexity index is 3620. The van der Waals surface area contributed by atoms with Crippen molar-refractivity contribution in [3.8, 4) is 33.6 Å². The number of hydrogen-bond donors (Lipinski definition) is 1. The van der Waals surface area contributed by atoms with Crippen molar-refractivity contribution in [1.29, 1.82) is 0 Å². The number of hydrogen-bond acceptors (Lipinski definition) is 0. The minimum Gasteiger partial charge on any atom is -0.355 e. The molecule has 3 aromatic heterocycles. The fourth-order valence-corrected chi connectivity index (χ4v) is 9.21. The van der Waals surface area contributed by atoms with Gasteiger partial charge in [-0.3, -0.25) is 0 Å². The molecule has 0 aliphatic heterocycles. The van der Waals surface area contributed by atoms with Crippen LogP contribution in [0, 0.1) is 0 Å². The number of nitrogens with one attached hydrogen (secondary N) is 1. The first-order valence-electron chi connectivity index (χ1n) is 20.6. The topological polar surface area (TPSA) is 25.6 Å². The van der Waals surface area contributed by atoms with E-state index in [0.29, 0.717) is 0 Å². The van der Waals surface area contributed by atoms with Crippen LogP contribution in [0.3, 0.4) is 0 Å². The molecule has 1 N–H and O–H groups in total. The third-order valence-corrected chi connectivity index (χ3v) is 11.9. The maximum absolute atomic E-state index is 3.70. The number of para-hydroxylation sites is 3. The van der Waals surface area contributed by atoms with Gasteiger partial charge in [-0.1, -0.05) is 140 Å². The minimum absolute atomic E-state index is 1.14. The molecule has 0 unspecified atom stereocenters. The van der Waals surface area contributed by atoms with Crippen LogP contribution in [0.15, 0.2) is 219 Å². The zero-order chi connectivity index (χ0) is 40.2. The van der Waals surface area contributed by atoms with Crippen molar-refractivity contribution in [2.45, 2.75) is 6.92 Å². The maximum atomic E-state index is 3.70. The number of nitrogens with zero attached hydrogens (tertiary/aromatic N) is 2. The maximum Gasteiger partial charge on any atom is 0.0619 e. The highest BCUT2D eigenvalue weighted by molar-refractivity contribution is 6.19. The average molecular weight is 768 g/mol. The molecule has 0 radical (unpaired) electrons. The SMILES string of the molecule is C=C/C=C\C.c1ccc(-n2c3ccccc3c3cc(-c4ccc5[nH]c6ccc(-c7ccc8c(c7)c7ccc9ccccc9c7n8-c7ccccc7)cc6c5c4)ccc32)cc1. The molecule has 3 heterocycles. The van der Waals surface area contributed by atoms with Gasteiger partial charge < -0.3 is 14.1 Å². The van der Waals surface area contributed by atoms with Crippen molar-refractivity contribution in [3.05, 3.63) is 219 Å². The molecule has 12 rings (SSSR count). The Hall–Kier alpha value is -7.88. The third kappa shape index (κ3) is 5.74. The van der Waals surface area contributed by atoms with Gasteiger partial charge in [0.2, 0.25) is 0 Å². The summed E-state index contributed by atoms with van der Waals surface area (Å²) in [5, 5.41) is 10.0. The second-order valence-electron chi connectivity index (χ2n) is 15.4.